The van der Waals surface area contributed by atoms with E-state index in [4.69, 9.17) is 16.3 Å². The van der Waals surface area contributed by atoms with Crippen LogP contribution in [0.5, 0.6) is 5.75 Å². The zero-order chi connectivity index (χ0) is 14.3. The number of nitrogens with one attached hydrogen (secondary N) is 1. The number of ether oxygens (including phenoxy) is 1. The smallest absolute Gasteiger partial charge is 0.310 e. The summed E-state index contributed by atoms with van der Waals surface area (Å²) in [7, 11) is 0. The van der Waals surface area contributed by atoms with Gasteiger partial charge in [-0.3, -0.25) is 14.9 Å². The van der Waals surface area contributed by atoms with E-state index in [0.29, 0.717) is 5.56 Å². The lowest BCUT2D eigenvalue weighted by Crippen LogP contribution is -2.29. The molecule has 0 aliphatic carbocycles. The van der Waals surface area contributed by atoms with E-state index >= 15 is 0 Å². The maximum Gasteiger partial charge on any atom is 0.310 e. The second-order valence-corrected chi connectivity index (χ2v) is 3.49. The van der Waals surface area contributed by atoms with Gasteiger partial charge in [0.15, 0.2) is 12.4 Å². The molecule has 1 rings (SSSR count). The van der Waals surface area contributed by atoms with Crippen LogP contribution in [0.4, 0.5) is 5.69 Å². The Bertz CT molecular complexity index is 521. The number of aliphatic hydroxyl groups excluding tert-OH is 1. The molecular formula is C12H12N2O5. The summed E-state index contributed by atoms with van der Waals surface area (Å²) in [5.74, 6) is 1.65. The highest BCUT2D eigenvalue weighted by Crippen LogP contribution is 2.27. The Hall–Kier alpha value is -2.59. The molecule has 0 aromatic heterocycles. The van der Waals surface area contributed by atoms with Crippen molar-refractivity contribution in [3.05, 3.63) is 33.9 Å². The number of nitrogens with zero attached hydrogens (tertiary/aromatic N) is 1. The van der Waals surface area contributed by atoms with E-state index in [2.05, 4.69) is 11.2 Å². The highest BCUT2D eigenvalue weighted by molar-refractivity contribution is 5.77. The molecular weight excluding hydrogens is 252 g/mol. The number of amides is 1. The predicted molar refractivity (Wildman–Crippen MR) is 66.4 cm³/mol. The standard InChI is InChI=1S/C12H12N2O5/c1-2-5-13-12(16)8-19-11-6-9(7-15)3-4-10(11)14(17)18/h1,3-4,6,15H,5,7-8H2,(H,13,16). The molecule has 1 amide bonds. The van der Waals surface area contributed by atoms with Gasteiger partial charge in [0.1, 0.15) is 0 Å². The van der Waals surface area contributed by atoms with Crippen molar-refractivity contribution in [2.75, 3.05) is 13.2 Å². The first-order valence-corrected chi connectivity index (χ1v) is 5.29. The van der Waals surface area contributed by atoms with Gasteiger partial charge in [-0.25, -0.2) is 0 Å². The molecule has 1 aromatic carbocycles. The molecule has 0 heterocycles. The summed E-state index contributed by atoms with van der Waals surface area (Å²) in [6, 6.07) is 3.93. The fraction of sp³-hybridized carbons (Fsp3) is 0.250. The number of benzene rings is 1. The first-order chi connectivity index (χ1) is 9.08. The molecule has 1 aromatic rings. The van der Waals surface area contributed by atoms with Gasteiger partial charge >= 0.3 is 5.69 Å². The second kappa shape index (κ2) is 6.98. The number of hydrogen-bond donors (Lipinski definition) is 2. The van der Waals surface area contributed by atoms with Crippen LogP contribution in [0.25, 0.3) is 0 Å². The van der Waals surface area contributed by atoms with Crippen molar-refractivity contribution < 1.29 is 19.6 Å². The van der Waals surface area contributed by atoms with E-state index in [1.54, 1.807) is 0 Å². The summed E-state index contributed by atoms with van der Waals surface area (Å²) in [6.07, 6.45) is 4.96. The highest BCUT2D eigenvalue weighted by atomic mass is 16.6. The quantitative estimate of drug-likeness (QED) is 0.434. The first kappa shape index (κ1) is 14.5. The third-order valence-electron chi connectivity index (χ3n) is 2.15. The molecule has 0 aliphatic rings. The monoisotopic (exact) mass is 264 g/mol. The van der Waals surface area contributed by atoms with Gasteiger partial charge in [0.2, 0.25) is 0 Å². The van der Waals surface area contributed by atoms with E-state index in [-0.39, 0.29) is 24.6 Å². The van der Waals surface area contributed by atoms with Crippen LogP contribution in [0.15, 0.2) is 18.2 Å². The van der Waals surface area contributed by atoms with Crippen LogP contribution in [0.2, 0.25) is 0 Å². The summed E-state index contributed by atoms with van der Waals surface area (Å²) in [6.45, 7) is -0.615. The lowest BCUT2D eigenvalue weighted by atomic mass is 10.2. The van der Waals surface area contributed by atoms with Gasteiger partial charge in [-0.1, -0.05) is 5.92 Å². The lowest BCUT2D eigenvalue weighted by Gasteiger charge is -2.07. The minimum atomic E-state index is -0.629. The molecule has 100 valence electrons. The highest BCUT2D eigenvalue weighted by Gasteiger charge is 2.16. The maximum atomic E-state index is 11.3. The van der Waals surface area contributed by atoms with Gasteiger partial charge in [0, 0.05) is 6.07 Å². The summed E-state index contributed by atoms with van der Waals surface area (Å²) in [5, 5.41) is 22.1. The SMILES string of the molecule is C#CCNC(=O)COc1cc(CO)ccc1[N+](=O)[O-]. The largest absolute Gasteiger partial charge is 0.477 e. The van der Waals surface area contributed by atoms with Gasteiger partial charge in [-0.15, -0.1) is 6.42 Å². The molecule has 0 radical (unpaired) electrons. The Morgan fingerprint density at radius 2 is 2.32 bits per heavy atom. The molecule has 0 fully saturated rings. The van der Waals surface area contributed by atoms with Crippen LogP contribution >= 0.6 is 0 Å². The van der Waals surface area contributed by atoms with Crippen molar-refractivity contribution in [2.24, 2.45) is 0 Å². The van der Waals surface area contributed by atoms with E-state index in [9.17, 15) is 14.9 Å². The van der Waals surface area contributed by atoms with Crippen molar-refractivity contribution >= 4 is 11.6 Å². The summed E-state index contributed by atoms with van der Waals surface area (Å²) < 4.78 is 5.07. The molecule has 0 aliphatic heterocycles. The van der Waals surface area contributed by atoms with Crippen LogP contribution in [-0.2, 0) is 11.4 Å². The Balaban J connectivity index is 2.78. The summed E-state index contributed by atoms with van der Waals surface area (Å²) in [5.41, 5.74) is 0.173. The summed E-state index contributed by atoms with van der Waals surface area (Å²) >= 11 is 0. The zero-order valence-electron chi connectivity index (χ0n) is 9.96. The molecule has 0 saturated carbocycles. The van der Waals surface area contributed by atoms with Crippen LogP contribution in [0.1, 0.15) is 5.56 Å². The topological polar surface area (TPSA) is 102 Å². The van der Waals surface area contributed by atoms with Gasteiger partial charge in [0.05, 0.1) is 18.1 Å². The molecule has 0 saturated heterocycles. The fourth-order valence-corrected chi connectivity index (χ4v) is 1.27. The third kappa shape index (κ3) is 4.29. The normalized spacial score (nSPS) is 9.47. The Labute approximate surface area is 109 Å². The molecule has 0 bridgehead atoms. The van der Waals surface area contributed by atoms with Gasteiger partial charge < -0.3 is 15.2 Å². The van der Waals surface area contributed by atoms with Crippen molar-refractivity contribution in [1.29, 1.82) is 0 Å². The van der Waals surface area contributed by atoms with Crippen molar-refractivity contribution in [3.63, 3.8) is 0 Å². The van der Waals surface area contributed by atoms with E-state index in [1.165, 1.54) is 18.2 Å². The number of terminal acetylenes is 1. The fourth-order valence-electron chi connectivity index (χ4n) is 1.27. The average molecular weight is 264 g/mol. The predicted octanol–water partition coefficient (Wildman–Crippen LogP) is 0.215. The maximum absolute atomic E-state index is 11.3. The Morgan fingerprint density at radius 3 is 2.89 bits per heavy atom. The van der Waals surface area contributed by atoms with E-state index < -0.39 is 17.4 Å². The summed E-state index contributed by atoms with van der Waals surface area (Å²) in [4.78, 5) is 21.4. The molecule has 19 heavy (non-hydrogen) atoms. The van der Waals surface area contributed by atoms with Gasteiger partial charge in [-0.05, 0) is 17.7 Å². The first-order valence-electron chi connectivity index (χ1n) is 5.29. The zero-order valence-corrected chi connectivity index (χ0v) is 9.96. The molecule has 2 N–H and O–H groups in total. The number of rotatable bonds is 6. The van der Waals surface area contributed by atoms with Crippen molar-refractivity contribution in [2.45, 2.75) is 6.61 Å². The molecule has 0 spiro atoms. The Kier molecular flexibility index (Phi) is 5.32. The molecule has 7 heteroatoms. The average Bonchev–Trinajstić information content (AvgIpc) is 2.42. The van der Waals surface area contributed by atoms with Gasteiger partial charge in [-0.2, -0.15) is 0 Å². The van der Waals surface area contributed by atoms with Crippen LogP contribution in [0.3, 0.4) is 0 Å². The molecule has 7 nitrogen and oxygen atoms in total. The lowest BCUT2D eigenvalue weighted by molar-refractivity contribution is -0.385. The number of carbonyl (C=O) groups excluding carboxylic acids is 1. The van der Waals surface area contributed by atoms with Crippen molar-refractivity contribution in [3.8, 4) is 18.1 Å². The number of nitro benzene ring substituents is 1. The van der Waals surface area contributed by atoms with Crippen LogP contribution in [-0.4, -0.2) is 29.1 Å². The van der Waals surface area contributed by atoms with Gasteiger partial charge in [0.25, 0.3) is 5.91 Å². The Morgan fingerprint density at radius 1 is 1.58 bits per heavy atom. The van der Waals surface area contributed by atoms with E-state index in [0.717, 1.165) is 0 Å². The minimum absolute atomic E-state index is 0.0565. The number of aliphatic hydroxyl groups is 1. The molecule has 0 atom stereocenters. The number of nitro groups is 1. The van der Waals surface area contributed by atoms with Crippen LogP contribution in [0, 0.1) is 22.5 Å². The van der Waals surface area contributed by atoms with E-state index in [1.807, 2.05) is 0 Å². The minimum Gasteiger partial charge on any atom is -0.477 e. The number of hydrogen-bond acceptors (Lipinski definition) is 5. The second-order valence-electron chi connectivity index (χ2n) is 3.49. The third-order valence-corrected chi connectivity index (χ3v) is 2.15. The number of carbonyl (C=O) groups is 1. The van der Waals surface area contributed by atoms with Crippen LogP contribution < -0.4 is 10.1 Å². The van der Waals surface area contributed by atoms with Crippen molar-refractivity contribution in [1.82, 2.24) is 5.32 Å². The molecule has 0 unspecified atom stereocenters.